The normalized spacial score (nSPS) is 11.9. The number of aliphatic carboxylic acids is 1. The molecule has 0 aliphatic heterocycles. The molecule has 0 fully saturated rings. The van der Waals surface area contributed by atoms with Gasteiger partial charge in [0.25, 0.3) is 5.91 Å². The standard InChI is InChI=1S/C15H18BrFN2O4/c1-8(2)13(15(22)23)19-12(20)5-6-18-14(21)10-7-9(17)3-4-11(10)16/h3-4,7-8,13H,5-6H2,1-2H3,(H,18,21)(H,19,20)(H,22,23)/t13-/m1/s1. The Hall–Kier alpha value is -1.96. The first-order chi connectivity index (χ1) is 10.7. The Kier molecular flexibility index (Phi) is 7.15. The summed E-state index contributed by atoms with van der Waals surface area (Å²) in [5, 5.41) is 13.9. The molecule has 0 saturated heterocycles. The molecule has 0 spiro atoms. The van der Waals surface area contributed by atoms with Crippen molar-refractivity contribution in [2.24, 2.45) is 5.92 Å². The van der Waals surface area contributed by atoms with Gasteiger partial charge in [0, 0.05) is 17.4 Å². The Morgan fingerprint density at radius 2 is 1.96 bits per heavy atom. The van der Waals surface area contributed by atoms with Crippen LogP contribution in [0, 0.1) is 11.7 Å². The molecule has 0 radical (unpaired) electrons. The van der Waals surface area contributed by atoms with E-state index < -0.39 is 29.6 Å². The molecule has 1 atom stereocenters. The van der Waals surface area contributed by atoms with Crippen molar-refractivity contribution in [1.29, 1.82) is 0 Å². The molecule has 2 amide bonds. The fourth-order valence-electron chi connectivity index (χ4n) is 1.82. The number of carbonyl (C=O) groups is 3. The zero-order chi connectivity index (χ0) is 17.6. The maximum atomic E-state index is 13.1. The summed E-state index contributed by atoms with van der Waals surface area (Å²) in [6, 6.07) is 2.73. The van der Waals surface area contributed by atoms with Crippen LogP contribution in [-0.4, -0.2) is 35.5 Å². The summed E-state index contributed by atoms with van der Waals surface area (Å²) in [5.74, 6) is -2.92. The van der Waals surface area contributed by atoms with Crippen LogP contribution in [0.4, 0.5) is 4.39 Å². The Balaban J connectivity index is 2.50. The van der Waals surface area contributed by atoms with Crippen LogP contribution in [0.5, 0.6) is 0 Å². The minimum atomic E-state index is -1.11. The molecule has 1 rings (SSSR count). The van der Waals surface area contributed by atoms with Crippen molar-refractivity contribution in [1.82, 2.24) is 10.6 Å². The average Bonchev–Trinajstić information content (AvgIpc) is 2.46. The Bertz CT molecular complexity index is 607. The minimum absolute atomic E-state index is 0.0120. The van der Waals surface area contributed by atoms with Gasteiger partial charge >= 0.3 is 5.97 Å². The fourth-order valence-corrected chi connectivity index (χ4v) is 2.24. The number of rotatable bonds is 7. The molecule has 3 N–H and O–H groups in total. The van der Waals surface area contributed by atoms with Gasteiger partial charge in [0.15, 0.2) is 0 Å². The molecule has 0 saturated carbocycles. The Morgan fingerprint density at radius 3 is 2.52 bits per heavy atom. The van der Waals surface area contributed by atoms with Gasteiger partial charge in [-0.05, 0) is 40.0 Å². The number of benzene rings is 1. The second-order valence-electron chi connectivity index (χ2n) is 5.26. The molecule has 0 aliphatic rings. The van der Waals surface area contributed by atoms with E-state index in [2.05, 4.69) is 26.6 Å². The van der Waals surface area contributed by atoms with Crippen molar-refractivity contribution in [2.75, 3.05) is 6.54 Å². The highest BCUT2D eigenvalue weighted by Gasteiger charge is 2.23. The van der Waals surface area contributed by atoms with Crippen LogP contribution in [0.3, 0.4) is 0 Å². The first-order valence-corrected chi connectivity index (χ1v) is 7.77. The summed E-state index contributed by atoms with van der Waals surface area (Å²) in [4.78, 5) is 34.6. The molecule has 0 unspecified atom stereocenters. The zero-order valence-electron chi connectivity index (χ0n) is 12.7. The summed E-state index contributed by atoms with van der Waals surface area (Å²) in [6.07, 6.45) is -0.0742. The lowest BCUT2D eigenvalue weighted by Crippen LogP contribution is -2.45. The van der Waals surface area contributed by atoms with Gasteiger partial charge < -0.3 is 15.7 Å². The summed E-state index contributed by atoms with van der Waals surface area (Å²) in [5.41, 5.74) is 0.121. The first kappa shape index (κ1) is 19.1. The van der Waals surface area contributed by atoms with Crippen molar-refractivity contribution in [3.05, 3.63) is 34.1 Å². The summed E-state index contributed by atoms with van der Waals surface area (Å²) >= 11 is 3.14. The topological polar surface area (TPSA) is 95.5 Å². The van der Waals surface area contributed by atoms with Crippen molar-refractivity contribution < 1.29 is 23.9 Å². The maximum Gasteiger partial charge on any atom is 0.326 e. The number of carbonyl (C=O) groups excluding carboxylic acids is 2. The predicted octanol–water partition coefficient (Wildman–Crippen LogP) is 1.93. The van der Waals surface area contributed by atoms with Gasteiger partial charge in [0.2, 0.25) is 5.91 Å². The summed E-state index contributed by atoms with van der Waals surface area (Å²) in [6.45, 7) is 3.38. The highest BCUT2D eigenvalue weighted by atomic mass is 79.9. The number of hydrogen-bond acceptors (Lipinski definition) is 3. The van der Waals surface area contributed by atoms with E-state index in [1.807, 2.05) is 0 Å². The van der Waals surface area contributed by atoms with E-state index in [0.717, 1.165) is 6.07 Å². The van der Waals surface area contributed by atoms with E-state index in [-0.39, 0.29) is 24.4 Å². The number of nitrogens with one attached hydrogen (secondary N) is 2. The van der Waals surface area contributed by atoms with Crippen LogP contribution in [0.25, 0.3) is 0 Å². The number of hydrogen-bond donors (Lipinski definition) is 3. The van der Waals surface area contributed by atoms with E-state index in [4.69, 9.17) is 5.11 Å². The largest absolute Gasteiger partial charge is 0.480 e. The van der Waals surface area contributed by atoms with Crippen LogP contribution in [0.2, 0.25) is 0 Å². The lowest BCUT2D eigenvalue weighted by atomic mass is 10.0. The van der Waals surface area contributed by atoms with Gasteiger partial charge in [-0.15, -0.1) is 0 Å². The molecule has 0 bridgehead atoms. The van der Waals surface area contributed by atoms with Crippen LogP contribution >= 0.6 is 15.9 Å². The third kappa shape index (κ3) is 5.97. The Labute approximate surface area is 141 Å². The molecule has 0 heterocycles. The lowest BCUT2D eigenvalue weighted by Gasteiger charge is -2.17. The quantitative estimate of drug-likeness (QED) is 0.664. The van der Waals surface area contributed by atoms with Crippen LogP contribution in [-0.2, 0) is 9.59 Å². The molecule has 1 aromatic carbocycles. The molecule has 0 aromatic heterocycles. The van der Waals surface area contributed by atoms with Gasteiger partial charge in [-0.25, -0.2) is 9.18 Å². The minimum Gasteiger partial charge on any atom is -0.480 e. The van der Waals surface area contributed by atoms with Gasteiger partial charge in [-0.3, -0.25) is 9.59 Å². The smallest absolute Gasteiger partial charge is 0.326 e. The third-order valence-corrected chi connectivity index (χ3v) is 3.75. The van der Waals surface area contributed by atoms with Gasteiger partial charge in [-0.1, -0.05) is 13.8 Å². The molecule has 6 nitrogen and oxygen atoms in total. The summed E-state index contributed by atoms with van der Waals surface area (Å²) in [7, 11) is 0. The van der Waals surface area contributed by atoms with Crippen molar-refractivity contribution in [3.63, 3.8) is 0 Å². The molecule has 8 heteroatoms. The Morgan fingerprint density at radius 1 is 1.30 bits per heavy atom. The fraction of sp³-hybridized carbons (Fsp3) is 0.400. The van der Waals surface area contributed by atoms with Crippen LogP contribution in [0.1, 0.15) is 30.6 Å². The van der Waals surface area contributed by atoms with E-state index in [1.165, 1.54) is 12.1 Å². The molecule has 23 heavy (non-hydrogen) atoms. The van der Waals surface area contributed by atoms with Crippen molar-refractivity contribution in [3.8, 4) is 0 Å². The van der Waals surface area contributed by atoms with Crippen molar-refractivity contribution in [2.45, 2.75) is 26.3 Å². The zero-order valence-corrected chi connectivity index (χ0v) is 14.3. The predicted molar refractivity (Wildman–Crippen MR) is 85.5 cm³/mol. The SMILES string of the molecule is CC(C)[C@@H](NC(=O)CCNC(=O)c1cc(F)ccc1Br)C(=O)O. The molecular weight excluding hydrogens is 371 g/mol. The lowest BCUT2D eigenvalue weighted by molar-refractivity contribution is -0.143. The van der Waals surface area contributed by atoms with E-state index in [9.17, 15) is 18.8 Å². The van der Waals surface area contributed by atoms with Crippen LogP contribution in [0.15, 0.2) is 22.7 Å². The van der Waals surface area contributed by atoms with Crippen LogP contribution < -0.4 is 10.6 Å². The maximum absolute atomic E-state index is 13.1. The molecular formula is C15H18BrFN2O4. The second kappa shape index (κ2) is 8.61. The molecule has 0 aliphatic carbocycles. The number of halogens is 2. The van der Waals surface area contributed by atoms with E-state index >= 15 is 0 Å². The number of carboxylic acids is 1. The van der Waals surface area contributed by atoms with Gasteiger partial charge in [-0.2, -0.15) is 0 Å². The third-order valence-electron chi connectivity index (χ3n) is 3.06. The van der Waals surface area contributed by atoms with Gasteiger partial charge in [0.05, 0.1) is 5.56 Å². The highest BCUT2D eigenvalue weighted by molar-refractivity contribution is 9.10. The summed E-state index contributed by atoms with van der Waals surface area (Å²) < 4.78 is 13.6. The first-order valence-electron chi connectivity index (χ1n) is 6.97. The van der Waals surface area contributed by atoms with Crippen molar-refractivity contribution >= 4 is 33.7 Å². The molecule has 1 aromatic rings. The number of amides is 2. The van der Waals surface area contributed by atoms with E-state index in [0.29, 0.717) is 4.47 Å². The number of carboxylic acid groups (broad SMARTS) is 1. The van der Waals surface area contributed by atoms with E-state index in [1.54, 1.807) is 13.8 Å². The molecule has 126 valence electrons. The second-order valence-corrected chi connectivity index (χ2v) is 6.11. The monoisotopic (exact) mass is 388 g/mol. The highest BCUT2D eigenvalue weighted by Crippen LogP contribution is 2.17. The van der Waals surface area contributed by atoms with Gasteiger partial charge in [0.1, 0.15) is 11.9 Å². The average molecular weight is 389 g/mol.